The van der Waals surface area contributed by atoms with E-state index in [1.807, 2.05) is 42.8 Å². The van der Waals surface area contributed by atoms with Gasteiger partial charge in [0.15, 0.2) is 0 Å². The van der Waals surface area contributed by atoms with E-state index in [0.29, 0.717) is 0 Å². The van der Waals surface area contributed by atoms with Gasteiger partial charge in [-0.15, -0.1) is 0 Å². The van der Waals surface area contributed by atoms with Gasteiger partial charge in [0.05, 0.1) is 21.5 Å². The quantitative estimate of drug-likeness (QED) is 0.882. The predicted molar refractivity (Wildman–Crippen MR) is 77.4 cm³/mol. The summed E-state index contributed by atoms with van der Waals surface area (Å²) in [6.07, 6.45) is 2.68. The van der Waals surface area contributed by atoms with E-state index in [2.05, 4.69) is 21.0 Å². The number of aromatic nitrogens is 2. The molecular formula is C14H13BrN2O2. The lowest BCUT2D eigenvalue weighted by atomic mass is 10.2. The summed E-state index contributed by atoms with van der Waals surface area (Å²) in [5, 5.41) is 13.0. The summed E-state index contributed by atoms with van der Waals surface area (Å²) >= 11 is 3.49. The van der Waals surface area contributed by atoms with Gasteiger partial charge in [0.2, 0.25) is 0 Å². The molecule has 0 aliphatic rings. The minimum atomic E-state index is -0.952. The van der Waals surface area contributed by atoms with Crippen LogP contribution in [-0.4, -0.2) is 20.9 Å². The molecule has 0 atom stereocenters. The number of rotatable bonds is 3. The van der Waals surface area contributed by atoms with Crippen molar-refractivity contribution in [3.8, 4) is 5.69 Å². The van der Waals surface area contributed by atoms with Crippen molar-refractivity contribution in [2.24, 2.45) is 0 Å². The van der Waals surface area contributed by atoms with Crippen LogP contribution >= 0.6 is 15.9 Å². The summed E-state index contributed by atoms with van der Waals surface area (Å²) in [4.78, 5) is 10.4. The first kappa shape index (κ1) is 13.5. The van der Waals surface area contributed by atoms with E-state index in [1.54, 1.807) is 6.08 Å². The van der Waals surface area contributed by atoms with Crippen molar-refractivity contribution in [3.05, 3.63) is 51.8 Å². The number of carboxylic acid groups (broad SMARTS) is 1. The molecule has 0 bridgehead atoms. The van der Waals surface area contributed by atoms with Gasteiger partial charge in [-0.05, 0) is 53.5 Å². The van der Waals surface area contributed by atoms with Gasteiger partial charge in [-0.1, -0.05) is 12.1 Å². The van der Waals surface area contributed by atoms with Gasteiger partial charge in [-0.2, -0.15) is 5.10 Å². The van der Waals surface area contributed by atoms with Gasteiger partial charge >= 0.3 is 5.97 Å². The van der Waals surface area contributed by atoms with E-state index in [9.17, 15) is 4.79 Å². The van der Waals surface area contributed by atoms with E-state index in [-0.39, 0.29) is 0 Å². The Bertz CT molecular complexity index is 642. The highest BCUT2D eigenvalue weighted by atomic mass is 79.9. The van der Waals surface area contributed by atoms with Crippen LogP contribution in [0.4, 0.5) is 0 Å². The lowest BCUT2D eigenvalue weighted by Gasteiger charge is -2.04. The Morgan fingerprint density at radius 1 is 1.32 bits per heavy atom. The smallest absolute Gasteiger partial charge is 0.328 e. The highest BCUT2D eigenvalue weighted by molar-refractivity contribution is 9.10. The van der Waals surface area contributed by atoms with Crippen molar-refractivity contribution in [3.63, 3.8) is 0 Å². The molecule has 0 radical (unpaired) electrons. The van der Waals surface area contributed by atoms with Crippen molar-refractivity contribution in [1.29, 1.82) is 0 Å². The largest absolute Gasteiger partial charge is 0.478 e. The van der Waals surface area contributed by atoms with Crippen LogP contribution in [0.25, 0.3) is 11.8 Å². The molecule has 0 fully saturated rings. The molecule has 19 heavy (non-hydrogen) atoms. The van der Waals surface area contributed by atoms with E-state index < -0.39 is 5.97 Å². The number of carboxylic acids is 1. The second-order valence-corrected chi connectivity index (χ2v) is 4.95. The number of hydrogen-bond donors (Lipinski definition) is 1. The molecule has 0 spiro atoms. The number of carbonyl (C=O) groups is 1. The van der Waals surface area contributed by atoms with Crippen LogP contribution < -0.4 is 0 Å². The van der Waals surface area contributed by atoms with Crippen LogP contribution in [0.5, 0.6) is 0 Å². The molecule has 4 nitrogen and oxygen atoms in total. The topological polar surface area (TPSA) is 55.1 Å². The minimum absolute atomic E-state index is 0.840. The average molecular weight is 321 g/mol. The Balaban J connectivity index is 2.32. The highest BCUT2D eigenvalue weighted by Crippen LogP contribution is 2.23. The molecule has 1 aromatic carbocycles. The van der Waals surface area contributed by atoms with Gasteiger partial charge < -0.3 is 5.11 Å². The van der Waals surface area contributed by atoms with Gasteiger partial charge in [-0.25, -0.2) is 9.48 Å². The maximum absolute atomic E-state index is 10.4. The fourth-order valence-corrected chi connectivity index (χ4v) is 2.02. The van der Waals surface area contributed by atoms with Gasteiger partial charge in [0, 0.05) is 6.08 Å². The molecule has 1 heterocycles. The summed E-state index contributed by atoms with van der Waals surface area (Å²) in [5.74, 6) is -0.952. The number of aliphatic carboxylic acids is 1. The lowest BCUT2D eigenvalue weighted by Crippen LogP contribution is -1.98. The molecule has 98 valence electrons. The first-order valence-electron chi connectivity index (χ1n) is 5.72. The van der Waals surface area contributed by atoms with Gasteiger partial charge in [-0.3, -0.25) is 0 Å². The summed E-state index contributed by atoms with van der Waals surface area (Å²) in [7, 11) is 0. The predicted octanol–water partition coefficient (Wildman–Crippen LogP) is 3.35. The number of hydrogen-bond acceptors (Lipinski definition) is 2. The molecule has 5 heteroatoms. The zero-order valence-corrected chi connectivity index (χ0v) is 12.2. The second-order valence-electron chi connectivity index (χ2n) is 4.16. The third-order valence-electron chi connectivity index (χ3n) is 2.76. The molecule has 0 saturated heterocycles. The average Bonchev–Trinajstić information content (AvgIpc) is 2.65. The number of aryl methyl sites for hydroxylation is 1. The summed E-state index contributed by atoms with van der Waals surface area (Å²) in [6.45, 7) is 3.93. The maximum Gasteiger partial charge on any atom is 0.328 e. The summed E-state index contributed by atoms with van der Waals surface area (Å²) < 4.78 is 2.85. The second kappa shape index (κ2) is 5.40. The molecule has 0 saturated carbocycles. The molecule has 0 aliphatic heterocycles. The lowest BCUT2D eigenvalue weighted by molar-refractivity contribution is -0.131. The van der Waals surface area contributed by atoms with E-state index >= 15 is 0 Å². The molecule has 1 N–H and O–H groups in total. The highest BCUT2D eigenvalue weighted by Gasteiger charge is 2.09. The van der Waals surface area contributed by atoms with E-state index in [1.165, 1.54) is 0 Å². The Hall–Kier alpha value is -1.88. The van der Waals surface area contributed by atoms with Gasteiger partial charge in [0.25, 0.3) is 0 Å². The van der Waals surface area contributed by atoms with Crippen molar-refractivity contribution in [2.45, 2.75) is 13.8 Å². The first-order chi connectivity index (χ1) is 8.99. The van der Waals surface area contributed by atoms with E-state index in [4.69, 9.17) is 5.11 Å². The fourth-order valence-electron chi connectivity index (χ4n) is 1.77. The summed E-state index contributed by atoms with van der Waals surface area (Å²) in [6, 6.07) is 7.54. The number of nitrogens with zero attached hydrogens (tertiary/aromatic N) is 2. The van der Waals surface area contributed by atoms with Crippen molar-refractivity contribution >= 4 is 28.0 Å². The van der Waals surface area contributed by atoms with Crippen molar-refractivity contribution in [2.75, 3.05) is 0 Å². The normalized spacial score (nSPS) is 11.1. The van der Waals surface area contributed by atoms with Crippen LogP contribution in [-0.2, 0) is 4.79 Å². The Morgan fingerprint density at radius 3 is 2.42 bits per heavy atom. The molecule has 2 aromatic rings. The standard InChI is InChI=1S/C14H13BrN2O2/c1-9-14(15)10(2)17(16-9)12-6-3-11(4-7-12)5-8-13(18)19/h3-8H,1-2H3,(H,18,19). The summed E-state index contributed by atoms with van der Waals surface area (Å²) in [5.41, 5.74) is 3.75. The van der Waals surface area contributed by atoms with Crippen LogP contribution in [0.1, 0.15) is 17.0 Å². The Kier molecular flexibility index (Phi) is 3.85. The van der Waals surface area contributed by atoms with Gasteiger partial charge in [0.1, 0.15) is 0 Å². The van der Waals surface area contributed by atoms with Crippen LogP contribution in [0.15, 0.2) is 34.8 Å². The fraction of sp³-hybridized carbons (Fsp3) is 0.143. The molecule has 0 aliphatic carbocycles. The Labute approximate surface area is 119 Å². The SMILES string of the molecule is Cc1nn(-c2ccc(C=CC(=O)O)cc2)c(C)c1Br. The molecule has 0 unspecified atom stereocenters. The first-order valence-corrected chi connectivity index (χ1v) is 6.51. The van der Waals surface area contributed by atoms with Crippen molar-refractivity contribution < 1.29 is 9.90 Å². The monoisotopic (exact) mass is 320 g/mol. The van der Waals surface area contributed by atoms with Crippen LogP contribution in [0.2, 0.25) is 0 Å². The van der Waals surface area contributed by atoms with Crippen molar-refractivity contribution in [1.82, 2.24) is 9.78 Å². The third kappa shape index (κ3) is 2.93. The molecule has 2 rings (SSSR count). The maximum atomic E-state index is 10.4. The number of halogens is 1. The molecule has 0 amide bonds. The van der Waals surface area contributed by atoms with Crippen LogP contribution in [0.3, 0.4) is 0 Å². The Morgan fingerprint density at radius 2 is 1.95 bits per heavy atom. The zero-order valence-electron chi connectivity index (χ0n) is 10.6. The number of benzene rings is 1. The third-order valence-corrected chi connectivity index (χ3v) is 3.91. The zero-order chi connectivity index (χ0) is 14.0. The minimum Gasteiger partial charge on any atom is -0.478 e. The molecule has 1 aromatic heterocycles. The molecular weight excluding hydrogens is 308 g/mol. The van der Waals surface area contributed by atoms with Crippen LogP contribution in [0, 0.1) is 13.8 Å². The van der Waals surface area contributed by atoms with E-state index in [0.717, 1.165) is 33.2 Å².